The number of likely N-dealkylation sites (tertiary alicyclic amines) is 1. The van der Waals surface area contributed by atoms with Crippen LogP contribution in [0.5, 0.6) is 0 Å². The summed E-state index contributed by atoms with van der Waals surface area (Å²) in [6.07, 6.45) is 7.63. The Morgan fingerprint density at radius 3 is 2.39 bits per heavy atom. The first kappa shape index (κ1) is 25.7. The molecule has 2 amide bonds. The monoisotopic (exact) mass is 569 g/mol. The highest BCUT2D eigenvalue weighted by Crippen LogP contribution is 2.52. The van der Waals surface area contributed by atoms with Crippen molar-refractivity contribution in [3.05, 3.63) is 36.3 Å². The minimum absolute atomic E-state index is 0. The van der Waals surface area contributed by atoms with Crippen LogP contribution in [0.1, 0.15) is 38.5 Å². The maximum Gasteiger partial charge on any atom is 0.233 e. The number of fused-ring (bicyclic) bond motifs is 5. The molecular weight excluding hydrogens is 533 g/mol. The maximum atomic E-state index is 12.8. The zero-order valence-electron chi connectivity index (χ0n) is 19.7. The average Bonchev–Trinajstić information content (AvgIpc) is 3.59. The number of guanidine groups is 1. The van der Waals surface area contributed by atoms with Crippen molar-refractivity contribution < 1.29 is 14.0 Å². The van der Waals surface area contributed by atoms with Crippen LogP contribution in [0, 0.1) is 23.7 Å². The van der Waals surface area contributed by atoms with E-state index in [1.165, 1.54) is 4.90 Å². The number of carbonyl (C=O) groups excluding carboxylic acids is 2. The van der Waals surface area contributed by atoms with Crippen molar-refractivity contribution in [2.24, 2.45) is 28.7 Å². The summed E-state index contributed by atoms with van der Waals surface area (Å²) in [5, 5.41) is 6.69. The van der Waals surface area contributed by atoms with E-state index in [1.54, 1.807) is 13.3 Å². The molecule has 5 unspecified atom stereocenters. The zero-order valence-corrected chi connectivity index (χ0v) is 22.0. The normalized spacial score (nSPS) is 26.7. The summed E-state index contributed by atoms with van der Waals surface area (Å²) in [7, 11) is 1.74. The van der Waals surface area contributed by atoms with E-state index in [4.69, 9.17) is 4.42 Å². The van der Waals surface area contributed by atoms with Crippen LogP contribution in [0.3, 0.4) is 0 Å². The number of amides is 2. The van der Waals surface area contributed by atoms with Crippen molar-refractivity contribution in [2.75, 3.05) is 39.8 Å². The molecule has 182 valence electrons. The number of imide groups is 1. The molecule has 4 rings (SSSR count). The predicted octanol–water partition coefficient (Wildman–Crippen LogP) is 2.64. The molecular formula is C24H36IN5O3. The highest BCUT2D eigenvalue weighted by atomic mass is 127. The SMILES string of the molecule is CCN(CC)C(CNC(=NC)NCCCN1C(=O)C2C3C=CC(C3)C2C1=O)c1ccco1.I. The number of hydrogen-bond donors (Lipinski definition) is 2. The van der Waals surface area contributed by atoms with Crippen molar-refractivity contribution in [3.8, 4) is 0 Å². The smallest absolute Gasteiger partial charge is 0.233 e. The van der Waals surface area contributed by atoms with Gasteiger partial charge in [-0.15, -0.1) is 24.0 Å². The summed E-state index contributed by atoms with van der Waals surface area (Å²) >= 11 is 0. The Balaban J connectivity index is 0.00000306. The Kier molecular flexibility index (Phi) is 8.97. The minimum Gasteiger partial charge on any atom is -0.468 e. The van der Waals surface area contributed by atoms with Crippen molar-refractivity contribution in [2.45, 2.75) is 32.7 Å². The number of carbonyl (C=O) groups is 2. The van der Waals surface area contributed by atoms with Crippen LogP contribution in [0.2, 0.25) is 0 Å². The van der Waals surface area contributed by atoms with Crippen LogP contribution in [0.25, 0.3) is 0 Å². The van der Waals surface area contributed by atoms with Crippen LogP contribution >= 0.6 is 24.0 Å². The summed E-state index contributed by atoms with van der Waals surface area (Å²) in [5.74, 6) is 1.99. The largest absolute Gasteiger partial charge is 0.468 e. The third kappa shape index (κ3) is 5.13. The van der Waals surface area contributed by atoms with Gasteiger partial charge in [-0.2, -0.15) is 0 Å². The highest BCUT2D eigenvalue weighted by molar-refractivity contribution is 14.0. The van der Waals surface area contributed by atoms with Gasteiger partial charge in [0.25, 0.3) is 0 Å². The first-order valence-electron chi connectivity index (χ1n) is 11.8. The van der Waals surface area contributed by atoms with Crippen LogP contribution in [0.15, 0.2) is 40.0 Å². The lowest BCUT2D eigenvalue weighted by Gasteiger charge is -2.28. The Bertz CT molecular complexity index is 837. The topological polar surface area (TPSA) is 90.2 Å². The fourth-order valence-corrected chi connectivity index (χ4v) is 5.60. The number of rotatable bonds is 10. The lowest BCUT2D eigenvalue weighted by atomic mass is 9.85. The van der Waals surface area contributed by atoms with Gasteiger partial charge in [0.15, 0.2) is 5.96 Å². The number of allylic oxidation sites excluding steroid dienone is 2. The molecule has 1 aliphatic heterocycles. The standard InChI is InChI=1S/C24H35N5O3.HI/c1-4-28(5-2)18(19-8-6-13-32-19)15-27-24(25-3)26-11-7-12-29-22(30)20-16-9-10-17(14-16)21(20)23(29)31;/h6,8-10,13,16-18,20-21H,4-5,7,11-12,14-15H2,1-3H3,(H2,25,26,27);1H. The van der Waals surface area contributed by atoms with Crippen molar-refractivity contribution in [1.29, 1.82) is 0 Å². The number of hydrogen-bond acceptors (Lipinski definition) is 5. The van der Waals surface area contributed by atoms with Gasteiger partial charge in [0.2, 0.25) is 11.8 Å². The number of nitrogens with zero attached hydrogens (tertiary/aromatic N) is 3. The molecule has 8 nitrogen and oxygen atoms in total. The fraction of sp³-hybridized carbons (Fsp3) is 0.625. The Hall–Kier alpha value is -1.88. The van der Waals surface area contributed by atoms with Gasteiger partial charge >= 0.3 is 0 Å². The van der Waals surface area contributed by atoms with Crippen LogP contribution in [0.4, 0.5) is 0 Å². The highest BCUT2D eigenvalue weighted by Gasteiger charge is 2.58. The first-order chi connectivity index (χ1) is 15.6. The molecule has 0 radical (unpaired) electrons. The molecule has 33 heavy (non-hydrogen) atoms. The van der Waals surface area contributed by atoms with Crippen LogP contribution in [-0.2, 0) is 9.59 Å². The van der Waals surface area contributed by atoms with Crippen molar-refractivity contribution in [1.82, 2.24) is 20.4 Å². The number of furan rings is 1. The minimum atomic E-state index is -0.112. The van der Waals surface area contributed by atoms with Gasteiger partial charge in [0, 0.05) is 26.7 Å². The lowest BCUT2D eigenvalue weighted by molar-refractivity contribution is -0.140. The van der Waals surface area contributed by atoms with E-state index >= 15 is 0 Å². The molecule has 2 heterocycles. The van der Waals surface area contributed by atoms with Gasteiger partial charge < -0.3 is 15.1 Å². The molecule has 0 spiro atoms. The molecule has 3 aliphatic rings. The molecule has 2 aliphatic carbocycles. The molecule has 0 aromatic carbocycles. The molecule has 5 atom stereocenters. The summed E-state index contributed by atoms with van der Waals surface area (Å²) < 4.78 is 5.66. The molecule has 1 saturated carbocycles. The second-order valence-electron chi connectivity index (χ2n) is 8.81. The van der Waals surface area contributed by atoms with Gasteiger partial charge in [-0.05, 0) is 49.9 Å². The fourth-order valence-electron chi connectivity index (χ4n) is 5.60. The Morgan fingerprint density at radius 2 is 1.85 bits per heavy atom. The molecule has 1 aromatic rings. The lowest BCUT2D eigenvalue weighted by Crippen LogP contribution is -2.44. The molecule has 2 fully saturated rings. The zero-order chi connectivity index (χ0) is 22.7. The molecule has 2 N–H and O–H groups in total. The average molecular weight is 569 g/mol. The number of likely N-dealkylation sites (N-methyl/N-ethyl adjacent to an activating group) is 1. The summed E-state index contributed by atoms with van der Waals surface area (Å²) in [5.41, 5.74) is 0. The number of nitrogens with one attached hydrogen (secondary N) is 2. The van der Waals surface area contributed by atoms with Gasteiger partial charge in [-0.25, -0.2) is 0 Å². The van der Waals surface area contributed by atoms with Gasteiger partial charge in [0.05, 0.1) is 24.1 Å². The second-order valence-corrected chi connectivity index (χ2v) is 8.81. The van der Waals surface area contributed by atoms with Crippen molar-refractivity contribution >= 4 is 41.8 Å². The second kappa shape index (κ2) is 11.5. The summed E-state index contributed by atoms with van der Waals surface area (Å²) in [6, 6.07) is 4.03. The van der Waals surface area contributed by atoms with E-state index in [-0.39, 0.29) is 65.5 Å². The number of halogens is 1. The quantitative estimate of drug-likeness (QED) is 0.113. The molecule has 9 heteroatoms. The van der Waals surface area contributed by atoms with Crippen LogP contribution < -0.4 is 10.6 Å². The summed E-state index contributed by atoms with van der Waals surface area (Å²) in [6.45, 7) is 7.89. The predicted molar refractivity (Wildman–Crippen MR) is 138 cm³/mol. The van der Waals surface area contributed by atoms with E-state index in [0.717, 1.165) is 25.3 Å². The Labute approximate surface area is 213 Å². The third-order valence-electron chi connectivity index (χ3n) is 7.22. The van der Waals surface area contributed by atoms with E-state index in [9.17, 15) is 9.59 Å². The third-order valence-corrected chi connectivity index (χ3v) is 7.22. The maximum absolute atomic E-state index is 12.8. The van der Waals surface area contributed by atoms with E-state index < -0.39 is 0 Å². The summed E-state index contributed by atoms with van der Waals surface area (Å²) in [4.78, 5) is 33.7. The molecule has 1 saturated heterocycles. The van der Waals surface area contributed by atoms with E-state index in [1.807, 2.05) is 12.1 Å². The van der Waals surface area contributed by atoms with Gasteiger partial charge in [0.1, 0.15) is 5.76 Å². The van der Waals surface area contributed by atoms with E-state index in [2.05, 4.69) is 46.5 Å². The van der Waals surface area contributed by atoms with Gasteiger partial charge in [-0.1, -0.05) is 26.0 Å². The van der Waals surface area contributed by atoms with E-state index in [0.29, 0.717) is 32.0 Å². The molecule has 1 aromatic heterocycles. The molecule has 2 bridgehead atoms. The Morgan fingerprint density at radius 1 is 1.18 bits per heavy atom. The number of aliphatic imine (C=N–C) groups is 1. The van der Waals surface area contributed by atoms with Gasteiger partial charge in [-0.3, -0.25) is 24.4 Å². The first-order valence-corrected chi connectivity index (χ1v) is 11.8. The van der Waals surface area contributed by atoms with Crippen molar-refractivity contribution in [3.63, 3.8) is 0 Å². The van der Waals surface area contributed by atoms with Crippen LogP contribution in [-0.4, -0.2) is 67.3 Å².